The van der Waals surface area contributed by atoms with Crippen molar-refractivity contribution < 1.29 is 18.0 Å². The minimum atomic E-state index is -4.48. The van der Waals surface area contributed by atoms with E-state index in [1.54, 1.807) is 12.5 Å². The molecule has 4 nitrogen and oxygen atoms in total. The van der Waals surface area contributed by atoms with Crippen LogP contribution in [0.25, 0.3) is 6.08 Å². The highest BCUT2D eigenvalue weighted by Gasteiger charge is 2.30. The van der Waals surface area contributed by atoms with Crippen LogP contribution in [0.1, 0.15) is 22.3 Å². The third-order valence-electron chi connectivity index (χ3n) is 4.12. The number of hydrogen-bond donors (Lipinski definition) is 1. The van der Waals surface area contributed by atoms with E-state index in [4.69, 9.17) is 11.6 Å². The van der Waals surface area contributed by atoms with E-state index in [0.29, 0.717) is 6.54 Å². The van der Waals surface area contributed by atoms with Crippen LogP contribution in [0.2, 0.25) is 5.02 Å². The van der Waals surface area contributed by atoms with E-state index < -0.39 is 17.6 Å². The number of amides is 1. The number of hydrogen-bond acceptors (Lipinski definition) is 2. The Balaban J connectivity index is 1.60. The lowest BCUT2D eigenvalue weighted by Crippen LogP contribution is -2.20. The summed E-state index contributed by atoms with van der Waals surface area (Å²) in [6.07, 6.45) is 3.24. The second kappa shape index (κ2) is 8.96. The first-order valence-electron chi connectivity index (χ1n) is 8.67. The van der Waals surface area contributed by atoms with Crippen LogP contribution in [-0.2, 0) is 24.1 Å². The SMILES string of the molecule is O=C(/C=C/c1cc(C(F)(F)F)ccc1Cl)NCc1cccc(Cn2ccnc2)c1. The summed E-state index contributed by atoms with van der Waals surface area (Å²) < 4.78 is 40.4. The first-order valence-corrected chi connectivity index (χ1v) is 9.05. The molecule has 0 saturated heterocycles. The summed E-state index contributed by atoms with van der Waals surface area (Å²) in [5.74, 6) is -0.432. The summed E-state index contributed by atoms with van der Waals surface area (Å²) in [6.45, 7) is 0.951. The molecule has 0 atom stereocenters. The Kier molecular flexibility index (Phi) is 6.39. The molecular weight excluding hydrogens is 403 g/mol. The lowest BCUT2D eigenvalue weighted by Gasteiger charge is -2.08. The number of alkyl halides is 3. The van der Waals surface area contributed by atoms with Crippen molar-refractivity contribution in [1.29, 1.82) is 0 Å². The molecule has 8 heteroatoms. The molecule has 1 amide bonds. The Bertz CT molecular complexity index is 1010. The molecule has 1 heterocycles. The molecule has 0 radical (unpaired) electrons. The van der Waals surface area contributed by atoms with E-state index in [-0.39, 0.29) is 17.1 Å². The largest absolute Gasteiger partial charge is 0.416 e. The highest BCUT2D eigenvalue weighted by atomic mass is 35.5. The third kappa shape index (κ3) is 5.96. The van der Waals surface area contributed by atoms with Gasteiger partial charge in [0.2, 0.25) is 5.91 Å². The van der Waals surface area contributed by atoms with E-state index in [0.717, 1.165) is 35.4 Å². The van der Waals surface area contributed by atoms with Crippen molar-refractivity contribution in [3.8, 4) is 0 Å². The van der Waals surface area contributed by atoms with Gasteiger partial charge in [0.05, 0.1) is 11.9 Å². The smallest absolute Gasteiger partial charge is 0.348 e. The van der Waals surface area contributed by atoms with Crippen LogP contribution in [0, 0.1) is 0 Å². The molecule has 0 aliphatic heterocycles. The number of carbonyl (C=O) groups excluding carboxylic acids is 1. The van der Waals surface area contributed by atoms with Crippen molar-refractivity contribution in [2.75, 3.05) is 0 Å². The summed E-state index contributed by atoms with van der Waals surface area (Å²) >= 11 is 5.92. The fourth-order valence-corrected chi connectivity index (χ4v) is 2.87. The van der Waals surface area contributed by atoms with Gasteiger partial charge in [0, 0.05) is 36.6 Å². The number of carbonyl (C=O) groups is 1. The monoisotopic (exact) mass is 419 g/mol. The molecule has 0 unspecified atom stereocenters. The fourth-order valence-electron chi connectivity index (χ4n) is 2.69. The maximum atomic E-state index is 12.8. The van der Waals surface area contributed by atoms with Crippen LogP contribution in [0.15, 0.2) is 67.3 Å². The number of halogens is 4. The van der Waals surface area contributed by atoms with Gasteiger partial charge in [-0.3, -0.25) is 4.79 Å². The maximum Gasteiger partial charge on any atom is 0.416 e. The zero-order valence-corrected chi connectivity index (χ0v) is 15.9. The van der Waals surface area contributed by atoms with Crippen molar-refractivity contribution in [3.05, 3.63) is 94.5 Å². The van der Waals surface area contributed by atoms with Gasteiger partial charge < -0.3 is 9.88 Å². The molecule has 0 fully saturated rings. The molecule has 0 aliphatic carbocycles. The molecule has 1 N–H and O–H groups in total. The number of aromatic nitrogens is 2. The molecule has 2 aromatic carbocycles. The minimum absolute atomic E-state index is 0.124. The van der Waals surface area contributed by atoms with Crippen LogP contribution in [0.3, 0.4) is 0 Å². The van der Waals surface area contributed by atoms with Gasteiger partial charge in [-0.1, -0.05) is 35.9 Å². The van der Waals surface area contributed by atoms with Crippen LogP contribution < -0.4 is 5.32 Å². The molecule has 3 rings (SSSR count). The normalized spacial score (nSPS) is 11.7. The zero-order chi connectivity index (χ0) is 20.9. The molecule has 0 saturated carbocycles. The Hall–Kier alpha value is -3.06. The molecule has 0 spiro atoms. The van der Waals surface area contributed by atoms with Crippen molar-refractivity contribution >= 4 is 23.6 Å². The lowest BCUT2D eigenvalue weighted by molar-refractivity contribution is -0.137. The third-order valence-corrected chi connectivity index (χ3v) is 4.46. The van der Waals surface area contributed by atoms with Gasteiger partial charge in [-0.25, -0.2) is 4.98 Å². The highest BCUT2D eigenvalue weighted by molar-refractivity contribution is 6.32. The number of rotatable bonds is 6. The van der Waals surface area contributed by atoms with E-state index in [1.165, 1.54) is 6.08 Å². The van der Waals surface area contributed by atoms with Gasteiger partial charge in [0.15, 0.2) is 0 Å². The predicted molar refractivity (Wildman–Crippen MR) is 105 cm³/mol. The minimum Gasteiger partial charge on any atom is -0.348 e. The lowest BCUT2D eigenvalue weighted by atomic mass is 10.1. The van der Waals surface area contributed by atoms with Crippen molar-refractivity contribution in [2.45, 2.75) is 19.3 Å². The average Bonchev–Trinajstić information content (AvgIpc) is 3.18. The predicted octanol–water partition coefficient (Wildman–Crippen LogP) is 4.93. The first-order chi connectivity index (χ1) is 13.8. The quantitative estimate of drug-likeness (QED) is 0.576. The molecular formula is C21H17ClF3N3O. The van der Waals surface area contributed by atoms with E-state index in [2.05, 4.69) is 10.3 Å². The van der Waals surface area contributed by atoms with Crippen LogP contribution in [0.4, 0.5) is 13.2 Å². The summed E-state index contributed by atoms with van der Waals surface area (Å²) in [5, 5.41) is 2.84. The van der Waals surface area contributed by atoms with Crippen molar-refractivity contribution in [3.63, 3.8) is 0 Å². The van der Waals surface area contributed by atoms with Crippen LogP contribution in [-0.4, -0.2) is 15.5 Å². The molecule has 29 heavy (non-hydrogen) atoms. The number of nitrogens with one attached hydrogen (secondary N) is 1. The van der Waals surface area contributed by atoms with Crippen LogP contribution >= 0.6 is 11.6 Å². The first kappa shape index (κ1) is 20.7. The Labute approximate surface area is 170 Å². The van der Waals surface area contributed by atoms with E-state index >= 15 is 0 Å². The summed E-state index contributed by atoms with van der Waals surface area (Å²) in [5.41, 5.74) is 1.26. The topological polar surface area (TPSA) is 46.9 Å². The number of nitrogens with zero attached hydrogens (tertiary/aromatic N) is 2. The average molecular weight is 420 g/mol. The molecule has 150 valence electrons. The summed E-state index contributed by atoms with van der Waals surface area (Å²) in [4.78, 5) is 16.0. The summed E-state index contributed by atoms with van der Waals surface area (Å²) in [7, 11) is 0. The highest BCUT2D eigenvalue weighted by Crippen LogP contribution is 2.32. The molecule has 3 aromatic rings. The fraction of sp³-hybridized carbons (Fsp3) is 0.143. The second-order valence-electron chi connectivity index (χ2n) is 6.34. The van der Waals surface area contributed by atoms with Crippen molar-refractivity contribution in [2.24, 2.45) is 0 Å². The number of imidazole rings is 1. The van der Waals surface area contributed by atoms with Gasteiger partial charge in [0.1, 0.15) is 0 Å². The standard InChI is InChI=1S/C21H17ClF3N3O/c22-19-6-5-18(21(23,24)25)11-17(19)4-7-20(29)27-12-15-2-1-3-16(10-15)13-28-9-8-26-14-28/h1-11,14H,12-13H2,(H,27,29)/b7-4+. The van der Waals surface area contributed by atoms with Gasteiger partial charge in [-0.2, -0.15) is 13.2 Å². The Morgan fingerprint density at radius 3 is 2.69 bits per heavy atom. The Morgan fingerprint density at radius 1 is 1.17 bits per heavy atom. The van der Waals surface area contributed by atoms with E-state index in [9.17, 15) is 18.0 Å². The van der Waals surface area contributed by atoms with Gasteiger partial charge in [0.25, 0.3) is 0 Å². The molecule has 1 aromatic heterocycles. The van der Waals surface area contributed by atoms with Gasteiger partial charge >= 0.3 is 6.18 Å². The summed E-state index contributed by atoms with van der Waals surface area (Å²) in [6, 6.07) is 10.7. The zero-order valence-electron chi connectivity index (χ0n) is 15.2. The van der Waals surface area contributed by atoms with Gasteiger partial charge in [-0.05, 0) is 41.0 Å². The maximum absolute atomic E-state index is 12.8. The second-order valence-corrected chi connectivity index (χ2v) is 6.75. The Morgan fingerprint density at radius 2 is 1.97 bits per heavy atom. The van der Waals surface area contributed by atoms with Crippen LogP contribution in [0.5, 0.6) is 0 Å². The van der Waals surface area contributed by atoms with E-state index in [1.807, 2.05) is 35.0 Å². The molecule has 0 bridgehead atoms. The number of benzene rings is 2. The van der Waals surface area contributed by atoms with Gasteiger partial charge in [-0.15, -0.1) is 0 Å². The molecule has 0 aliphatic rings. The van der Waals surface area contributed by atoms with Crippen molar-refractivity contribution in [1.82, 2.24) is 14.9 Å².